The summed E-state index contributed by atoms with van der Waals surface area (Å²) in [7, 11) is 3.06. The van der Waals surface area contributed by atoms with Crippen LogP contribution in [0.4, 0.5) is 0 Å². The maximum Gasteiger partial charge on any atom is 0.273 e. The number of hydrazone groups is 1. The van der Waals surface area contributed by atoms with Crippen LogP contribution in [0.2, 0.25) is 0 Å². The molecule has 0 atom stereocenters. The van der Waals surface area contributed by atoms with E-state index in [1.165, 1.54) is 14.2 Å². The zero-order valence-corrected chi connectivity index (χ0v) is 12.1. The van der Waals surface area contributed by atoms with Crippen LogP contribution in [0.5, 0.6) is 0 Å². The van der Waals surface area contributed by atoms with Gasteiger partial charge < -0.3 is 24.3 Å². The Bertz CT molecular complexity index is 539. The van der Waals surface area contributed by atoms with Crippen LogP contribution in [0.1, 0.15) is 5.82 Å². The Balaban J connectivity index is 2.24. The second-order valence-electron chi connectivity index (χ2n) is 4.62. The number of methoxy groups -OCH3 is 2. The van der Waals surface area contributed by atoms with E-state index in [0.717, 1.165) is 5.82 Å². The zero-order valence-electron chi connectivity index (χ0n) is 12.1. The van der Waals surface area contributed by atoms with Crippen LogP contribution >= 0.6 is 0 Å². The number of hydrogen-bond donors (Lipinski definition) is 1. The molecule has 2 rings (SSSR count). The summed E-state index contributed by atoms with van der Waals surface area (Å²) in [6.07, 6.45) is 3.45. The van der Waals surface area contributed by atoms with Crippen LogP contribution < -0.4 is 5.32 Å². The van der Waals surface area contributed by atoms with Crippen molar-refractivity contribution >= 4 is 5.96 Å². The summed E-state index contributed by atoms with van der Waals surface area (Å²) in [5, 5.41) is 16.2. The minimum absolute atomic E-state index is 0.165. The maximum atomic E-state index is 10.7. The van der Waals surface area contributed by atoms with Crippen molar-refractivity contribution in [2.75, 3.05) is 27.3 Å². The van der Waals surface area contributed by atoms with Gasteiger partial charge in [0.1, 0.15) is 10.9 Å². The fraction of sp³-hybridized carbons (Fsp3) is 0.636. The maximum absolute atomic E-state index is 10.7. The standard InChI is InChI=1S/C11H18N6O4/c1-9-12-4-5-15(9)8-16-7-11(20-2,21-3)6-13-10(16)14-17(18)19/h4-5H,6-8H2,1-3H3,(H,13,14). The smallest absolute Gasteiger partial charge is 0.273 e. The molecule has 116 valence electrons. The minimum Gasteiger partial charge on any atom is -0.350 e. The quantitative estimate of drug-likeness (QED) is 0.447. The predicted octanol–water partition coefficient (Wildman–Crippen LogP) is -0.409. The molecule has 1 N–H and O–H groups in total. The summed E-state index contributed by atoms with van der Waals surface area (Å²) >= 11 is 0. The lowest BCUT2D eigenvalue weighted by atomic mass is 10.2. The van der Waals surface area contributed by atoms with E-state index >= 15 is 0 Å². The van der Waals surface area contributed by atoms with E-state index < -0.39 is 10.8 Å². The lowest BCUT2D eigenvalue weighted by Gasteiger charge is -2.41. The molecule has 1 aliphatic heterocycles. The Morgan fingerprint density at radius 1 is 1.57 bits per heavy atom. The van der Waals surface area contributed by atoms with E-state index in [9.17, 15) is 10.1 Å². The minimum atomic E-state index is -0.885. The van der Waals surface area contributed by atoms with Crippen molar-refractivity contribution in [1.82, 2.24) is 19.8 Å². The van der Waals surface area contributed by atoms with E-state index in [1.807, 2.05) is 11.5 Å². The zero-order chi connectivity index (χ0) is 15.5. The molecule has 2 heterocycles. The summed E-state index contributed by atoms with van der Waals surface area (Å²) in [5.74, 6) is 0.0729. The Morgan fingerprint density at radius 3 is 2.81 bits per heavy atom. The van der Waals surface area contributed by atoms with Gasteiger partial charge in [-0.15, -0.1) is 0 Å². The van der Waals surface area contributed by atoms with E-state index in [0.29, 0.717) is 13.2 Å². The molecule has 0 radical (unpaired) electrons. The highest BCUT2D eigenvalue weighted by Gasteiger charge is 2.39. The molecule has 21 heavy (non-hydrogen) atoms. The van der Waals surface area contributed by atoms with Gasteiger partial charge in [-0.3, -0.25) is 0 Å². The SMILES string of the molecule is COC1(OC)CN/C(=N\[N+](=O)[O-])N(Cn2ccnc2C)C1. The number of aryl methyl sites for hydroxylation is 1. The topological polar surface area (TPSA) is 107 Å². The molecule has 0 bridgehead atoms. The normalized spacial score (nSPS) is 19.6. The number of imidazole rings is 1. The molecule has 1 fully saturated rings. The molecule has 1 saturated heterocycles. The van der Waals surface area contributed by atoms with Crippen LogP contribution in [0.25, 0.3) is 0 Å². The first-order valence-corrected chi connectivity index (χ1v) is 6.29. The highest BCUT2D eigenvalue weighted by atomic mass is 16.7. The molecule has 0 amide bonds. The first kappa shape index (κ1) is 15.2. The van der Waals surface area contributed by atoms with Crippen LogP contribution in [0.15, 0.2) is 17.5 Å². The lowest BCUT2D eigenvalue weighted by Crippen LogP contribution is -2.63. The third-order valence-corrected chi connectivity index (χ3v) is 3.41. The number of nitro groups is 1. The molecule has 0 aliphatic carbocycles. The van der Waals surface area contributed by atoms with Crippen molar-refractivity contribution in [3.63, 3.8) is 0 Å². The van der Waals surface area contributed by atoms with E-state index in [2.05, 4.69) is 15.4 Å². The Hall–Kier alpha value is -2.20. The van der Waals surface area contributed by atoms with Crippen LogP contribution in [0, 0.1) is 17.0 Å². The highest BCUT2D eigenvalue weighted by Crippen LogP contribution is 2.18. The number of guanidine groups is 1. The average molecular weight is 298 g/mol. The van der Waals surface area contributed by atoms with Crippen molar-refractivity contribution in [3.8, 4) is 0 Å². The van der Waals surface area contributed by atoms with Crippen LogP contribution in [0.3, 0.4) is 0 Å². The average Bonchev–Trinajstić information content (AvgIpc) is 2.86. The summed E-state index contributed by atoms with van der Waals surface area (Å²) in [5.41, 5.74) is 0. The first-order valence-electron chi connectivity index (χ1n) is 6.29. The van der Waals surface area contributed by atoms with Crippen molar-refractivity contribution in [3.05, 3.63) is 28.3 Å². The van der Waals surface area contributed by atoms with Gasteiger partial charge >= 0.3 is 0 Å². The number of nitrogens with one attached hydrogen (secondary N) is 1. The molecule has 0 aromatic carbocycles. The molecule has 0 spiro atoms. The highest BCUT2D eigenvalue weighted by molar-refractivity contribution is 5.80. The number of ether oxygens (including phenoxy) is 2. The number of nitrogens with zero attached hydrogens (tertiary/aromatic N) is 5. The third kappa shape index (κ3) is 3.28. The molecule has 1 aromatic heterocycles. The monoisotopic (exact) mass is 298 g/mol. The second kappa shape index (κ2) is 6.06. The largest absolute Gasteiger partial charge is 0.350 e. The van der Waals surface area contributed by atoms with Gasteiger partial charge in [0.25, 0.3) is 5.96 Å². The van der Waals surface area contributed by atoms with Gasteiger partial charge in [0.15, 0.2) is 5.03 Å². The molecule has 1 aromatic rings. The summed E-state index contributed by atoms with van der Waals surface area (Å²) < 4.78 is 12.6. The van der Waals surface area contributed by atoms with Crippen molar-refractivity contribution in [2.45, 2.75) is 19.4 Å². The molecule has 0 unspecified atom stereocenters. The van der Waals surface area contributed by atoms with Crippen LogP contribution in [-0.4, -0.2) is 58.5 Å². The van der Waals surface area contributed by atoms with E-state index in [4.69, 9.17) is 9.47 Å². The Morgan fingerprint density at radius 2 is 2.29 bits per heavy atom. The summed E-state index contributed by atoms with van der Waals surface area (Å²) in [6.45, 7) is 2.77. The molecule has 1 aliphatic rings. The van der Waals surface area contributed by atoms with Crippen molar-refractivity contribution in [2.24, 2.45) is 5.10 Å². The van der Waals surface area contributed by atoms with Gasteiger partial charge in [-0.05, 0) is 6.92 Å². The van der Waals surface area contributed by atoms with Crippen molar-refractivity contribution < 1.29 is 14.5 Å². The summed E-state index contributed by atoms with van der Waals surface area (Å²) in [4.78, 5) is 16.5. The number of aromatic nitrogens is 2. The van der Waals surface area contributed by atoms with Crippen molar-refractivity contribution in [1.29, 1.82) is 0 Å². The molecule has 10 heteroatoms. The predicted molar refractivity (Wildman–Crippen MR) is 72.9 cm³/mol. The Kier molecular flexibility index (Phi) is 4.38. The first-order chi connectivity index (χ1) is 9.99. The van der Waals surface area contributed by atoms with E-state index in [1.54, 1.807) is 17.3 Å². The lowest BCUT2D eigenvalue weighted by molar-refractivity contribution is -0.486. The fourth-order valence-electron chi connectivity index (χ4n) is 2.13. The fourth-order valence-corrected chi connectivity index (χ4v) is 2.13. The van der Waals surface area contributed by atoms with Gasteiger partial charge in [-0.2, -0.15) is 0 Å². The van der Waals surface area contributed by atoms with Gasteiger partial charge in [0, 0.05) is 26.6 Å². The Labute approximate surface area is 121 Å². The van der Waals surface area contributed by atoms with Crippen LogP contribution in [-0.2, 0) is 16.1 Å². The second-order valence-corrected chi connectivity index (χ2v) is 4.62. The molecular weight excluding hydrogens is 280 g/mol. The third-order valence-electron chi connectivity index (χ3n) is 3.41. The number of hydrogen-bond acceptors (Lipinski definition) is 5. The van der Waals surface area contributed by atoms with E-state index in [-0.39, 0.29) is 12.5 Å². The van der Waals surface area contributed by atoms with Gasteiger partial charge in [0.2, 0.25) is 5.79 Å². The molecule has 10 nitrogen and oxygen atoms in total. The summed E-state index contributed by atoms with van der Waals surface area (Å²) in [6, 6.07) is 0. The van der Waals surface area contributed by atoms with Gasteiger partial charge in [-0.1, -0.05) is 0 Å². The number of rotatable bonds is 5. The van der Waals surface area contributed by atoms with Gasteiger partial charge in [0.05, 0.1) is 19.8 Å². The molecule has 0 saturated carbocycles. The molecular formula is C11H18N6O4. The van der Waals surface area contributed by atoms with Gasteiger partial charge in [-0.25, -0.2) is 15.1 Å².